The van der Waals surface area contributed by atoms with Crippen LogP contribution in [0.25, 0.3) is 11.0 Å². The third kappa shape index (κ3) is 3.39. The van der Waals surface area contributed by atoms with E-state index in [1.165, 1.54) is 0 Å². The highest BCUT2D eigenvalue weighted by molar-refractivity contribution is 6.06. The number of nitrogens with one attached hydrogen (secondary N) is 2. The molecule has 1 aliphatic rings. The molecular formula is C26H24N4O2. The minimum Gasteiger partial charge on any atom is -0.497 e. The van der Waals surface area contributed by atoms with Gasteiger partial charge < -0.3 is 15.4 Å². The van der Waals surface area contributed by atoms with Crippen LogP contribution in [-0.2, 0) is 4.79 Å². The number of anilines is 2. The second-order valence-electron chi connectivity index (χ2n) is 7.96. The van der Waals surface area contributed by atoms with Crippen molar-refractivity contribution >= 4 is 28.6 Å². The van der Waals surface area contributed by atoms with Crippen molar-refractivity contribution in [3.05, 3.63) is 95.2 Å². The average molecular weight is 425 g/mol. The summed E-state index contributed by atoms with van der Waals surface area (Å²) in [5, 5.41) is 6.41. The third-order valence-electron chi connectivity index (χ3n) is 5.79. The number of para-hydroxylation sites is 2. The van der Waals surface area contributed by atoms with Crippen LogP contribution in [0.4, 0.5) is 11.6 Å². The summed E-state index contributed by atoms with van der Waals surface area (Å²) in [6, 6.07) is 23.2. The Hall–Kier alpha value is -4.06. The molecule has 32 heavy (non-hydrogen) atoms. The number of ether oxygens (including phenoxy) is 1. The lowest BCUT2D eigenvalue weighted by atomic mass is 9.94. The summed E-state index contributed by atoms with van der Waals surface area (Å²) in [5.41, 5.74) is 6.07. The van der Waals surface area contributed by atoms with E-state index in [2.05, 4.69) is 15.2 Å². The third-order valence-corrected chi connectivity index (χ3v) is 5.79. The van der Waals surface area contributed by atoms with Crippen LogP contribution in [0, 0.1) is 6.92 Å². The molecule has 1 atom stereocenters. The van der Waals surface area contributed by atoms with Crippen LogP contribution < -0.4 is 15.4 Å². The average Bonchev–Trinajstić information content (AvgIpc) is 3.17. The van der Waals surface area contributed by atoms with Crippen LogP contribution in [0.3, 0.4) is 0 Å². The highest BCUT2D eigenvalue weighted by atomic mass is 16.5. The summed E-state index contributed by atoms with van der Waals surface area (Å²) in [4.78, 5) is 18.4. The molecule has 1 aromatic heterocycles. The van der Waals surface area contributed by atoms with E-state index in [0.717, 1.165) is 39.3 Å². The van der Waals surface area contributed by atoms with Gasteiger partial charge >= 0.3 is 0 Å². The number of imidazole rings is 1. The van der Waals surface area contributed by atoms with E-state index in [1.807, 2.05) is 86.6 Å². The topological polar surface area (TPSA) is 68.2 Å². The van der Waals surface area contributed by atoms with Gasteiger partial charge in [0.2, 0.25) is 5.95 Å². The van der Waals surface area contributed by atoms with Crippen molar-refractivity contribution in [3.63, 3.8) is 0 Å². The van der Waals surface area contributed by atoms with Gasteiger partial charge in [-0.15, -0.1) is 0 Å². The second kappa shape index (κ2) is 7.89. The second-order valence-corrected chi connectivity index (χ2v) is 7.96. The Balaban J connectivity index is 1.66. The molecule has 4 aromatic rings. The zero-order chi connectivity index (χ0) is 22.2. The first-order valence-corrected chi connectivity index (χ1v) is 10.5. The molecule has 1 aliphatic heterocycles. The largest absolute Gasteiger partial charge is 0.497 e. The van der Waals surface area contributed by atoms with Crippen molar-refractivity contribution in [2.45, 2.75) is 19.9 Å². The number of benzene rings is 3. The summed E-state index contributed by atoms with van der Waals surface area (Å²) >= 11 is 0. The van der Waals surface area contributed by atoms with Gasteiger partial charge in [0.25, 0.3) is 5.91 Å². The Morgan fingerprint density at radius 2 is 1.81 bits per heavy atom. The predicted molar refractivity (Wildman–Crippen MR) is 127 cm³/mol. The minimum absolute atomic E-state index is 0.157. The van der Waals surface area contributed by atoms with Crippen LogP contribution in [-0.4, -0.2) is 22.6 Å². The number of hydrogen-bond donors (Lipinski definition) is 2. The first-order chi connectivity index (χ1) is 15.5. The lowest BCUT2D eigenvalue weighted by molar-refractivity contribution is -0.113. The fourth-order valence-electron chi connectivity index (χ4n) is 4.22. The molecule has 6 nitrogen and oxygen atoms in total. The van der Waals surface area contributed by atoms with Crippen LogP contribution in [0.1, 0.15) is 24.1 Å². The molecule has 1 amide bonds. The Morgan fingerprint density at radius 1 is 1.03 bits per heavy atom. The van der Waals surface area contributed by atoms with Gasteiger partial charge in [-0.05, 0) is 55.8 Å². The van der Waals surface area contributed by atoms with Gasteiger partial charge in [-0.2, -0.15) is 0 Å². The van der Waals surface area contributed by atoms with Crippen LogP contribution in [0.2, 0.25) is 0 Å². The fourth-order valence-corrected chi connectivity index (χ4v) is 4.22. The molecular weight excluding hydrogens is 400 g/mol. The monoisotopic (exact) mass is 424 g/mol. The number of aromatic nitrogens is 2. The molecule has 0 saturated heterocycles. The van der Waals surface area contributed by atoms with E-state index in [1.54, 1.807) is 7.11 Å². The zero-order valence-corrected chi connectivity index (χ0v) is 18.2. The SMILES string of the molecule is COc1cccc(C2C(C(=O)Nc3ccc(C)cc3)=C(C)Nc3nc4ccccc4n32)c1. The Bertz CT molecular complexity index is 1350. The molecule has 1 unspecified atom stereocenters. The molecule has 0 aliphatic carbocycles. The van der Waals surface area contributed by atoms with E-state index in [9.17, 15) is 4.79 Å². The normalized spacial score (nSPS) is 15.3. The highest BCUT2D eigenvalue weighted by Gasteiger charge is 2.34. The molecule has 2 heterocycles. The number of amides is 1. The summed E-state index contributed by atoms with van der Waals surface area (Å²) in [5.74, 6) is 1.29. The van der Waals surface area contributed by atoms with E-state index < -0.39 is 0 Å². The first kappa shape index (κ1) is 19.9. The van der Waals surface area contributed by atoms with Crippen LogP contribution in [0.15, 0.2) is 84.1 Å². The number of aryl methyl sites for hydroxylation is 1. The van der Waals surface area contributed by atoms with E-state index in [-0.39, 0.29) is 11.9 Å². The van der Waals surface area contributed by atoms with Crippen molar-refractivity contribution in [2.75, 3.05) is 17.7 Å². The quantitative estimate of drug-likeness (QED) is 0.468. The number of rotatable bonds is 4. The van der Waals surface area contributed by atoms with Crippen LogP contribution in [0.5, 0.6) is 5.75 Å². The summed E-state index contributed by atoms with van der Waals surface area (Å²) < 4.78 is 7.56. The summed E-state index contributed by atoms with van der Waals surface area (Å²) in [7, 11) is 1.64. The van der Waals surface area contributed by atoms with Gasteiger partial charge in [0.1, 0.15) is 5.75 Å². The van der Waals surface area contributed by atoms with Crippen molar-refractivity contribution in [1.82, 2.24) is 9.55 Å². The number of nitrogens with zero attached hydrogens (tertiary/aromatic N) is 2. The van der Waals surface area contributed by atoms with Gasteiger partial charge in [0.05, 0.1) is 29.8 Å². The number of carbonyl (C=O) groups is 1. The Labute approximate surface area is 186 Å². The molecule has 160 valence electrons. The number of carbonyl (C=O) groups excluding carboxylic acids is 1. The number of methoxy groups -OCH3 is 1. The summed E-state index contributed by atoms with van der Waals surface area (Å²) in [6.45, 7) is 3.94. The molecule has 0 radical (unpaired) electrons. The molecule has 5 rings (SSSR count). The van der Waals surface area contributed by atoms with Crippen molar-refractivity contribution in [1.29, 1.82) is 0 Å². The van der Waals surface area contributed by atoms with Crippen molar-refractivity contribution < 1.29 is 9.53 Å². The molecule has 0 saturated carbocycles. The predicted octanol–water partition coefficient (Wildman–Crippen LogP) is 5.28. The molecule has 3 aromatic carbocycles. The maximum absolute atomic E-state index is 13.6. The van der Waals surface area contributed by atoms with Gasteiger partial charge in [-0.3, -0.25) is 9.36 Å². The molecule has 2 N–H and O–H groups in total. The minimum atomic E-state index is -0.362. The molecule has 0 fully saturated rings. The lowest BCUT2D eigenvalue weighted by Crippen LogP contribution is -2.30. The fraction of sp³-hybridized carbons (Fsp3) is 0.154. The lowest BCUT2D eigenvalue weighted by Gasteiger charge is -2.31. The molecule has 0 bridgehead atoms. The van der Waals surface area contributed by atoms with Crippen molar-refractivity contribution in [3.8, 4) is 5.75 Å². The number of fused-ring (bicyclic) bond motifs is 3. The van der Waals surface area contributed by atoms with Gasteiger partial charge in [-0.25, -0.2) is 4.98 Å². The molecule has 6 heteroatoms. The van der Waals surface area contributed by atoms with E-state index >= 15 is 0 Å². The standard InChI is InChI=1S/C26H24N4O2/c1-16-11-13-19(14-12-16)28-25(31)23-17(2)27-26-29-21-9-4-5-10-22(21)30(26)24(23)18-7-6-8-20(15-18)32-3/h4-15,24H,1-3H3,(H,27,29)(H,28,31). The van der Waals surface area contributed by atoms with E-state index in [0.29, 0.717) is 11.5 Å². The van der Waals surface area contributed by atoms with Gasteiger partial charge in [0, 0.05) is 11.4 Å². The number of allylic oxidation sites excluding steroid dienone is 1. The maximum atomic E-state index is 13.6. The van der Waals surface area contributed by atoms with Crippen LogP contribution >= 0.6 is 0 Å². The maximum Gasteiger partial charge on any atom is 0.255 e. The Morgan fingerprint density at radius 3 is 2.59 bits per heavy atom. The molecule has 0 spiro atoms. The number of hydrogen-bond acceptors (Lipinski definition) is 4. The Kier molecular flexibility index (Phi) is 4.90. The highest BCUT2D eigenvalue weighted by Crippen LogP contribution is 2.40. The zero-order valence-electron chi connectivity index (χ0n) is 18.2. The van der Waals surface area contributed by atoms with Gasteiger partial charge in [0.15, 0.2) is 0 Å². The smallest absolute Gasteiger partial charge is 0.255 e. The van der Waals surface area contributed by atoms with Crippen molar-refractivity contribution in [2.24, 2.45) is 0 Å². The van der Waals surface area contributed by atoms with Gasteiger partial charge in [-0.1, -0.05) is 42.0 Å². The summed E-state index contributed by atoms with van der Waals surface area (Å²) in [6.07, 6.45) is 0. The van der Waals surface area contributed by atoms with E-state index in [4.69, 9.17) is 9.72 Å². The first-order valence-electron chi connectivity index (χ1n) is 10.5.